The van der Waals surface area contributed by atoms with Crippen LogP contribution in [0.25, 0.3) is 0 Å². The fraction of sp³-hybridized carbons (Fsp3) is 0.500. The van der Waals surface area contributed by atoms with Gasteiger partial charge in [0.15, 0.2) is 0 Å². The van der Waals surface area contributed by atoms with E-state index in [-0.39, 0.29) is 24.4 Å². The number of carbonyl (C=O) groups is 1. The maximum absolute atomic E-state index is 12.0. The average molecular weight is 285 g/mol. The van der Waals surface area contributed by atoms with Gasteiger partial charge in [0.2, 0.25) is 5.91 Å². The third-order valence-electron chi connectivity index (χ3n) is 3.64. The molecular weight excluding hydrogens is 264 g/mol. The van der Waals surface area contributed by atoms with E-state index in [2.05, 4.69) is 5.32 Å². The standard InChI is InChI=1S/C14H20N2O2.ClH/c1-10(11-5-3-6-12(9-11)18-2)16-13(17)14(15)7-4-8-14;/h3,5-6,9-10H,4,7-8,15H2,1-2H3,(H,16,17);1H. The summed E-state index contributed by atoms with van der Waals surface area (Å²) in [5.41, 5.74) is 6.37. The molecule has 0 aliphatic heterocycles. The van der Waals surface area contributed by atoms with Crippen molar-refractivity contribution in [3.63, 3.8) is 0 Å². The van der Waals surface area contributed by atoms with Crippen LogP contribution in [-0.4, -0.2) is 18.6 Å². The van der Waals surface area contributed by atoms with Crippen molar-refractivity contribution in [3.05, 3.63) is 29.8 Å². The Labute approximate surface area is 120 Å². The number of methoxy groups -OCH3 is 1. The van der Waals surface area contributed by atoms with Crippen LogP contribution >= 0.6 is 12.4 Å². The summed E-state index contributed by atoms with van der Waals surface area (Å²) in [4.78, 5) is 12.0. The zero-order valence-corrected chi connectivity index (χ0v) is 12.1. The Balaban J connectivity index is 0.00000180. The molecule has 19 heavy (non-hydrogen) atoms. The van der Waals surface area contributed by atoms with Crippen molar-refractivity contribution in [2.24, 2.45) is 5.73 Å². The van der Waals surface area contributed by atoms with E-state index in [4.69, 9.17) is 10.5 Å². The molecule has 0 saturated heterocycles. The third-order valence-corrected chi connectivity index (χ3v) is 3.64. The van der Waals surface area contributed by atoms with Crippen molar-refractivity contribution in [1.29, 1.82) is 0 Å². The van der Waals surface area contributed by atoms with Gasteiger partial charge in [0.05, 0.1) is 18.7 Å². The number of hydrogen-bond acceptors (Lipinski definition) is 3. The number of amides is 1. The maximum atomic E-state index is 12.0. The second-order valence-corrected chi connectivity index (χ2v) is 4.98. The van der Waals surface area contributed by atoms with Gasteiger partial charge in [0, 0.05) is 0 Å². The van der Waals surface area contributed by atoms with Crippen molar-refractivity contribution < 1.29 is 9.53 Å². The normalized spacial score (nSPS) is 17.6. The van der Waals surface area contributed by atoms with E-state index in [1.807, 2.05) is 31.2 Å². The van der Waals surface area contributed by atoms with Crippen molar-refractivity contribution >= 4 is 18.3 Å². The first kappa shape index (κ1) is 15.8. The quantitative estimate of drug-likeness (QED) is 0.891. The van der Waals surface area contributed by atoms with E-state index in [0.29, 0.717) is 0 Å². The minimum Gasteiger partial charge on any atom is -0.497 e. The monoisotopic (exact) mass is 284 g/mol. The molecule has 1 atom stereocenters. The summed E-state index contributed by atoms with van der Waals surface area (Å²) >= 11 is 0. The topological polar surface area (TPSA) is 64.3 Å². The van der Waals surface area contributed by atoms with Crippen LogP contribution < -0.4 is 15.8 Å². The summed E-state index contributed by atoms with van der Waals surface area (Å²) in [6.07, 6.45) is 2.60. The lowest BCUT2D eigenvalue weighted by Crippen LogP contribution is -2.58. The van der Waals surface area contributed by atoms with Crippen LogP contribution in [0.5, 0.6) is 5.75 Å². The zero-order valence-electron chi connectivity index (χ0n) is 11.3. The van der Waals surface area contributed by atoms with Crippen LogP contribution in [0.1, 0.15) is 37.8 Å². The molecule has 3 N–H and O–H groups in total. The Bertz CT molecular complexity index is 447. The van der Waals surface area contributed by atoms with Gasteiger partial charge in [-0.2, -0.15) is 0 Å². The molecule has 2 rings (SSSR count). The molecule has 1 unspecified atom stereocenters. The molecule has 0 bridgehead atoms. The number of nitrogens with two attached hydrogens (primary N) is 1. The first-order valence-corrected chi connectivity index (χ1v) is 6.29. The van der Waals surface area contributed by atoms with Crippen LogP contribution in [0, 0.1) is 0 Å². The van der Waals surface area contributed by atoms with Gasteiger partial charge in [0.25, 0.3) is 0 Å². The van der Waals surface area contributed by atoms with E-state index < -0.39 is 5.54 Å². The Hall–Kier alpha value is -1.26. The SMILES string of the molecule is COc1cccc(C(C)NC(=O)C2(N)CCC2)c1.Cl. The molecule has 0 radical (unpaired) electrons. The summed E-state index contributed by atoms with van der Waals surface area (Å²) in [7, 11) is 1.63. The van der Waals surface area contributed by atoms with Crippen LogP contribution in [0.15, 0.2) is 24.3 Å². The Morgan fingerprint density at radius 1 is 1.47 bits per heavy atom. The Morgan fingerprint density at radius 2 is 2.16 bits per heavy atom. The van der Waals surface area contributed by atoms with Crippen molar-refractivity contribution in [1.82, 2.24) is 5.32 Å². The molecule has 1 aromatic rings. The van der Waals surface area contributed by atoms with Gasteiger partial charge < -0.3 is 15.8 Å². The lowest BCUT2D eigenvalue weighted by molar-refractivity contribution is -0.129. The highest BCUT2D eigenvalue weighted by atomic mass is 35.5. The average Bonchev–Trinajstić information content (AvgIpc) is 2.35. The number of benzene rings is 1. The minimum atomic E-state index is -0.646. The second-order valence-electron chi connectivity index (χ2n) is 4.98. The van der Waals surface area contributed by atoms with Gasteiger partial charge in [-0.3, -0.25) is 4.79 Å². The highest BCUT2D eigenvalue weighted by molar-refractivity contribution is 5.87. The molecule has 1 aliphatic carbocycles. The molecule has 5 heteroatoms. The number of halogens is 1. The molecule has 4 nitrogen and oxygen atoms in total. The maximum Gasteiger partial charge on any atom is 0.240 e. The van der Waals surface area contributed by atoms with Crippen LogP contribution in [0.2, 0.25) is 0 Å². The number of nitrogens with one attached hydrogen (secondary N) is 1. The highest BCUT2D eigenvalue weighted by Gasteiger charge is 2.40. The molecule has 0 heterocycles. The fourth-order valence-electron chi connectivity index (χ4n) is 2.12. The van der Waals surface area contributed by atoms with Gasteiger partial charge in [-0.15, -0.1) is 12.4 Å². The second kappa shape index (κ2) is 6.26. The van der Waals surface area contributed by atoms with Crippen LogP contribution in [-0.2, 0) is 4.79 Å². The number of ether oxygens (including phenoxy) is 1. The lowest BCUT2D eigenvalue weighted by atomic mass is 9.77. The molecule has 106 valence electrons. The number of carbonyl (C=O) groups excluding carboxylic acids is 1. The highest BCUT2D eigenvalue weighted by Crippen LogP contribution is 2.30. The summed E-state index contributed by atoms with van der Waals surface area (Å²) in [5, 5.41) is 2.97. The third kappa shape index (κ3) is 3.39. The van der Waals surface area contributed by atoms with E-state index in [1.54, 1.807) is 7.11 Å². The smallest absolute Gasteiger partial charge is 0.240 e. The van der Waals surface area contributed by atoms with E-state index in [9.17, 15) is 4.79 Å². The number of hydrogen-bond donors (Lipinski definition) is 2. The summed E-state index contributed by atoms with van der Waals surface area (Å²) < 4.78 is 5.17. The van der Waals surface area contributed by atoms with Gasteiger partial charge in [-0.1, -0.05) is 12.1 Å². The van der Waals surface area contributed by atoms with Crippen LogP contribution in [0.3, 0.4) is 0 Å². The first-order valence-electron chi connectivity index (χ1n) is 6.29. The molecular formula is C14H21ClN2O2. The fourth-order valence-corrected chi connectivity index (χ4v) is 2.12. The predicted molar refractivity (Wildman–Crippen MR) is 77.6 cm³/mol. The van der Waals surface area contributed by atoms with Gasteiger partial charge >= 0.3 is 0 Å². The summed E-state index contributed by atoms with van der Waals surface area (Å²) in [6, 6.07) is 7.63. The molecule has 1 aromatic carbocycles. The zero-order chi connectivity index (χ0) is 13.2. The number of rotatable bonds is 4. The van der Waals surface area contributed by atoms with Crippen molar-refractivity contribution in [3.8, 4) is 5.75 Å². The first-order chi connectivity index (χ1) is 8.55. The van der Waals surface area contributed by atoms with Gasteiger partial charge in [-0.05, 0) is 43.9 Å². The molecule has 1 amide bonds. The molecule has 1 saturated carbocycles. The van der Waals surface area contributed by atoms with E-state index >= 15 is 0 Å². The molecule has 1 aliphatic rings. The largest absolute Gasteiger partial charge is 0.497 e. The molecule has 0 spiro atoms. The van der Waals surface area contributed by atoms with E-state index in [1.165, 1.54) is 0 Å². The van der Waals surface area contributed by atoms with Crippen LogP contribution in [0.4, 0.5) is 0 Å². The van der Waals surface area contributed by atoms with Crippen molar-refractivity contribution in [2.75, 3.05) is 7.11 Å². The lowest BCUT2D eigenvalue weighted by Gasteiger charge is -2.37. The minimum absolute atomic E-state index is 0. The molecule has 0 aromatic heterocycles. The summed E-state index contributed by atoms with van der Waals surface area (Å²) in [5.74, 6) is 0.740. The Morgan fingerprint density at radius 3 is 2.68 bits per heavy atom. The van der Waals surface area contributed by atoms with E-state index in [0.717, 1.165) is 30.6 Å². The molecule has 1 fully saturated rings. The Kier molecular flexibility index (Phi) is 5.20. The van der Waals surface area contributed by atoms with Crippen molar-refractivity contribution in [2.45, 2.75) is 37.8 Å². The summed E-state index contributed by atoms with van der Waals surface area (Å²) in [6.45, 7) is 1.95. The van der Waals surface area contributed by atoms with Gasteiger partial charge in [-0.25, -0.2) is 0 Å². The predicted octanol–water partition coefficient (Wildman–Crippen LogP) is 2.18. The van der Waals surface area contributed by atoms with Gasteiger partial charge in [0.1, 0.15) is 5.75 Å².